The number of carbonyl (C=O) groups excluding carboxylic acids is 1. The number of anilines is 1. The molecule has 0 aliphatic heterocycles. The molecule has 1 aromatic carbocycles. The molecule has 0 saturated carbocycles. The van der Waals surface area contributed by atoms with Crippen molar-refractivity contribution in [1.29, 1.82) is 0 Å². The summed E-state index contributed by atoms with van der Waals surface area (Å²) in [5.41, 5.74) is 5.31. The predicted molar refractivity (Wildman–Crippen MR) is 67.9 cm³/mol. The predicted octanol–water partition coefficient (Wildman–Crippen LogP) is -1.41. The Hall–Kier alpha value is -1.67. The number of nitrogens with one attached hydrogen (secondary N) is 2. The molecule has 0 unspecified atom stereocenters. The zero-order valence-electron chi connectivity index (χ0n) is 10.4. The minimum Gasteiger partial charge on any atom is -0.391 e. The largest absolute Gasteiger partial charge is 0.391 e. The molecule has 1 aromatic rings. The summed E-state index contributed by atoms with van der Waals surface area (Å²) in [5.74, 6) is -0.920. The molecule has 106 valence electrons. The summed E-state index contributed by atoms with van der Waals surface area (Å²) >= 11 is 0. The number of rotatable bonds is 6. The fourth-order valence-electron chi connectivity index (χ4n) is 1.36. The van der Waals surface area contributed by atoms with Gasteiger partial charge < -0.3 is 20.4 Å². The minimum absolute atomic E-state index is 0.591. The van der Waals surface area contributed by atoms with Gasteiger partial charge in [-0.3, -0.25) is 15.6 Å². The highest BCUT2D eigenvalue weighted by molar-refractivity contribution is 5.82. The van der Waals surface area contributed by atoms with Gasteiger partial charge >= 0.3 is 0 Å². The van der Waals surface area contributed by atoms with Crippen molar-refractivity contribution in [3.63, 3.8) is 0 Å². The second kappa shape index (κ2) is 7.05. The molecule has 7 heteroatoms. The molecule has 19 heavy (non-hydrogen) atoms. The highest BCUT2D eigenvalue weighted by atomic mass is 16.4. The van der Waals surface area contributed by atoms with E-state index in [4.69, 9.17) is 5.11 Å². The molecule has 0 bridgehead atoms. The quantitative estimate of drug-likeness (QED) is 0.353. The molecule has 0 spiro atoms. The lowest BCUT2D eigenvalue weighted by atomic mass is 10.0. The average Bonchev–Trinajstić information content (AvgIpc) is 2.43. The van der Waals surface area contributed by atoms with Gasteiger partial charge in [-0.15, -0.1) is 0 Å². The molecule has 7 nitrogen and oxygen atoms in total. The molecule has 0 aromatic heterocycles. The summed E-state index contributed by atoms with van der Waals surface area (Å²) in [4.78, 5) is 11.5. The minimum atomic E-state index is -1.86. The van der Waals surface area contributed by atoms with Crippen LogP contribution in [0.3, 0.4) is 0 Å². The fraction of sp³-hybridized carbons (Fsp3) is 0.417. The van der Waals surface area contributed by atoms with E-state index in [0.717, 1.165) is 0 Å². The van der Waals surface area contributed by atoms with Crippen LogP contribution in [0.1, 0.15) is 6.92 Å². The van der Waals surface area contributed by atoms with E-state index in [-0.39, 0.29) is 0 Å². The van der Waals surface area contributed by atoms with Gasteiger partial charge in [0.1, 0.15) is 12.2 Å². The summed E-state index contributed by atoms with van der Waals surface area (Å²) in [6, 6.07) is 8.67. The maximum absolute atomic E-state index is 11.5. The molecule has 1 amide bonds. The normalized spacial score (nSPS) is 17.1. The van der Waals surface area contributed by atoms with Gasteiger partial charge in [0.2, 0.25) is 0 Å². The first kappa shape index (κ1) is 15.4. The van der Waals surface area contributed by atoms with Crippen LogP contribution in [-0.4, -0.2) is 50.7 Å². The molecule has 1 rings (SSSR count). The number of hydrazine groups is 1. The highest BCUT2D eigenvalue weighted by Crippen LogP contribution is 2.06. The number of carbonyl (C=O) groups is 1. The molecular weight excluding hydrogens is 252 g/mol. The number of aliphatic hydroxyl groups is 4. The van der Waals surface area contributed by atoms with Crippen molar-refractivity contribution in [2.24, 2.45) is 0 Å². The van der Waals surface area contributed by atoms with Crippen molar-refractivity contribution in [3.8, 4) is 0 Å². The Morgan fingerprint density at radius 2 is 1.63 bits per heavy atom. The first-order valence-electron chi connectivity index (χ1n) is 5.76. The average molecular weight is 270 g/mol. The summed E-state index contributed by atoms with van der Waals surface area (Å²) in [6.07, 6.45) is -6.52. The number of para-hydroxylation sites is 1. The van der Waals surface area contributed by atoms with Gasteiger partial charge in [0.25, 0.3) is 5.91 Å². The fourth-order valence-corrected chi connectivity index (χ4v) is 1.36. The third-order valence-electron chi connectivity index (χ3n) is 2.54. The Balaban J connectivity index is 2.49. The topological polar surface area (TPSA) is 122 Å². The number of hydrogen-bond acceptors (Lipinski definition) is 6. The van der Waals surface area contributed by atoms with E-state index in [1.165, 1.54) is 6.92 Å². The lowest BCUT2D eigenvalue weighted by molar-refractivity contribution is -0.145. The Labute approximate surface area is 110 Å². The van der Waals surface area contributed by atoms with Gasteiger partial charge in [-0.25, -0.2) is 0 Å². The Morgan fingerprint density at radius 3 is 2.16 bits per heavy atom. The highest BCUT2D eigenvalue weighted by Gasteiger charge is 2.32. The van der Waals surface area contributed by atoms with Gasteiger partial charge in [-0.05, 0) is 19.1 Å². The van der Waals surface area contributed by atoms with Gasteiger partial charge in [0, 0.05) is 0 Å². The van der Waals surface area contributed by atoms with E-state index < -0.39 is 30.3 Å². The summed E-state index contributed by atoms with van der Waals surface area (Å²) in [5, 5.41) is 37.4. The Bertz CT molecular complexity index is 398. The molecule has 4 atom stereocenters. The van der Waals surface area contributed by atoms with Crippen LogP contribution in [0.4, 0.5) is 5.69 Å². The van der Waals surface area contributed by atoms with E-state index in [1.807, 2.05) is 0 Å². The van der Waals surface area contributed by atoms with E-state index in [9.17, 15) is 20.1 Å². The lowest BCUT2D eigenvalue weighted by Crippen LogP contribution is -2.51. The molecule has 0 radical (unpaired) electrons. The van der Waals surface area contributed by atoms with E-state index in [1.54, 1.807) is 30.3 Å². The van der Waals surface area contributed by atoms with Crippen molar-refractivity contribution in [1.82, 2.24) is 5.43 Å². The van der Waals surface area contributed by atoms with Crippen molar-refractivity contribution in [2.75, 3.05) is 5.43 Å². The number of benzene rings is 1. The molecule has 0 aliphatic carbocycles. The van der Waals surface area contributed by atoms with Crippen LogP contribution in [0, 0.1) is 0 Å². The summed E-state index contributed by atoms with van der Waals surface area (Å²) in [7, 11) is 0. The molecule has 6 N–H and O–H groups in total. The van der Waals surface area contributed by atoms with Gasteiger partial charge in [-0.2, -0.15) is 0 Å². The maximum atomic E-state index is 11.5. The van der Waals surface area contributed by atoms with Crippen molar-refractivity contribution in [2.45, 2.75) is 31.3 Å². The standard InChI is InChI=1S/C12H18N2O5/c1-7(15)9(16)10(17)11(18)12(19)14-13-8-5-3-2-4-6-8/h2-7,9-11,13,15-18H,1H3,(H,14,19)/t7-,9+,10+,11-/m1/s1. The molecule has 0 fully saturated rings. The third kappa shape index (κ3) is 4.49. The SMILES string of the molecule is C[C@@H](O)[C@H](O)[C@H](O)[C@@H](O)C(=O)NNc1ccccc1. The van der Waals surface area contributed by atoms with Crippen LogP contribution in [0.25, 0.3) is 0 Å². The summed E-state index contributed by atoms with van der Waals surface area (Å²) in [6.45, 7) is 1.24. The van der Waals surface area contributed by atoms with Crippen LogP contribution < -0.4 is 10.9 Å². The zero-order valence-corrected chi connectivity index (χ0v) is 10.4. The van der Waals surface area contributed by atoms with Gasteiger partial charge in [0.05, 0.1) is 11.8 Å². The van der Waals surface area contributed by atoms with Gasteiger partial charge in [0.15, 0.2) is 6.10 Å². The zero-order chi connectivity index (χ0) is 14.4. The molecule has 0 aliphatic rings. The van der Waals surface area contributed by atoms with E-state index in [2.05, 4.69) is 10.9 Å². The van der Waals surface area contributed by atoms with Crippen molar-refractivity contribution in [3.05, 3.63) is 30.3 Å². The Morgan fingerprint density at radius 1 is 1.05 bits per heavy atom. The number of amides is 1. The van der Waals surface area contributed by atoms with Gasteiger partial charge in [-0.1, -0.05) is 18.2 Å². The van der Waals surface area contributed by atoms with Crippen LogP contribution in [0.2, 0.25) is 0 Å². The van der Waals surface area contributed by atoms with E-state index in [0.29, 0.717) is 5.69 Å². The first-order chi connectivity index (χ1) is 8.93. The second-order valence-corrected chi connectivity index (χ2v) is 4.15. The third-order valence-corrected chi connectivity index (χ3v) is 2.54. The number of aliphatic hydroxyl groups excluding tert-OH is 4. The van der Waals surface area contributed by atoms with Crippen LogP contribution in [-0.2, 0) is 4.79 Å². The lowest BCUT2D eigenvalue weighted by Gasteiger charge is -2.24. The first-order valence-corrected chi connectivity index (χ1v) is 5.76. The second-order valence-electron chi connectivity index (χ2n) is 4.15. The monoisotopic (exact) mass is 270 g/mol. The Kier molecular flexibility index (Phi) is 5.71. The number of hydrogen-bond donors (Lipinski definition) is 6. The van der Waals surface area contributed by atoms with Crippen molar-refractivity contribution >= 4 is 11.6 Å². The van der Waals surface area contributed by atoms with E-state index >= 15 is 0 Å². The molecular formula is C12H18N2O5. The van der Waals surface area contributed by atoms with Crippen LogP contribution >= 0.6 is 0 Å². The van der Waals surface area contributed by atoms with Crippen molar-refractivity contribution < 1.29 is 25.2 Å². The maximum Gasteiger partial charge on any atom is 0.269 e. The molecule has 0 heterocycles. The molecule has 0 saturated heterocycles. The van der Waals surface area contributed by atoms with Crippen LogP contribution in [0.5, 0.6) is 0 Å². The smallest absolute Gasteiger partial charge is 0.269 e. The van der Waals surface area contributed by atoms with Crippen LogP contribution in [0.15, 0.2) is 30.3 Å². The summed E-state index contributed by atoms with van der Waals surface area (Å²) < 4.78 is 0.